The van der Waals surface area contributed by atoms with Crippen LogP contribution in [0, 0.1) is 5.92 Å². The van der Waals surface area contributed by atoms with Crippen LogP contribution in [0.3, 0.4) is 0 Å². The van der Waals surface area contributed by atoms with Gasteiger partial charge in [0.25, 0.3) is 5.91 Å². The first kappa shape index (κ1) is 19.6. The molecule has 1 fully saturated rings. The van der Waals surface area contributed by atoms with Gasteiger partial charge in [-0.25, -0.2) is 4.79 Å². The van der Waals surface area contributed by atoms with E-state index in [-0.39, 0.29) is 18.9 Å². The fraction of sp³-hybridized carbons (Fsp3) is 0.286. The van der Waals surface area contributed by atoms with Crippen LogP contribution in [0.4, 0.5) is 5.69 Å². The maximum Gasteiger partial charge on any atom is 0.339 e. The van der Waals surface area contributed by atoms with Gasteiger partial charge in [-0.15, -0.1) is 0 Å². The number of benzene rings is 2. The number of carboxylic acids is 1. The monoisotopic (exact) mass is 381 g/mol. The van der Waals surface area contributed by atoms with Crippen molar-refractivity contribution in [1.82, 2.24) is 4.90 Å². The Balaban J connectivity index is 2.09. The molecule has 3 atom stereocenters. The summed E-state index contributed by atoms with van der Waals surface area (Å²) in [4.78, 5) is 39.6. The molecule has 0 aromatic heterocycles. The van der Waals surface area contributed by atoms with E-state index in [2.05, 4.69) is 5.32 Å². The molecule has 0 bridgehead atoms. The van der Waals surface area contributed by atoms with Crippen molar-refractivity contribution < 1.29 is 19.5 Å². The zero-order valence-corrected chi connectivity index (χ0v) is 15.5. The van der Waals surface area contributed by atoms with Gasteiger partial charge in [0, 0.05) is 5.69 Å². The molecular weight excluding hydrogens is 358 g/mol. The van der Waals surface area contributed by atoms with Crippen molar-refractivity contribution in [3.8, 4) is 0 Å². The lowest BCUT2D eigenvalue weighted by Crippen LogP contribution is -2.61. The molecule has 1 aliphatic heterocycles. The lowest BCUT2D eigenvalue weighted by Gasteiger charge is -2.37. The van der Waals surface area contributed by atoms with Crippen molar-refractivity contribution >= 4 is 23.5 Å². The van der Waals surface area contributed by atoms with Gasteiger partial charge in [-0.1, -0.05) is 55.5 Å². The molecular formula is C21H23N3O4. The highest BCUT2D eigenvalue weighted by Gasteiger charge is 2.62. The van der Waals surface area contributed by atoms with Crippen LogP contribution in [-0.2, 0) is 14.4 Å². The van der Waals surface area contributed by atoms with Gasteiger partial charge in [0.15, 0.2) is 0 Å². The number of likely N-dealkylation sites (tertiary alicyclic amines) is 1. The fourth-order valence-corrected chi connectivity index (χ4v) is 4.01. The molecule has 1 aliphatic rings. The minimum absolute atomic E-state index is 0.00764. The van der Waals surface area contributed by atoms with Gasteiger partial charge in [-0.3, -0.25) is 9.59 Å². The van der Waals surface area contributed by atoms with Crippen LogP contribution in [0.2, 0.25) is 0 Å². The number of aliphatic carboxylic acids is 1. The summed E-state index contributed by atoms with van der Waals surface area (Å²) < 4.78 is 0. The van der Waals surface area contributed by atoms with Crippen molar-refractivity contribution in [2.24, 2.45) is 11.7 Å². The number of amides is 2. The number of nitrogens with zero attached hydrogens (tertiary/aromatic N) is 1. The maximum absolute atomic E-state index is 13.2. The third-order valence-corrected chi connectivity index (χ3v) is 5.19. The van der Waals surface area contributed by atoms with Gasteiger partial charge in [-0.2, -0.15) is 0 Å². The molecule has 3 rings (SSSR count). The number of carbonyl (C=O) groups excluding carboxylic acids is 2. The second-order valence-electron chi connectivity index (χ2n) is 6.99. The van der Waals surface area contributed by atoms with Crippen LogP contribution in [0.1, 0.15) is 24.9 Å². The lowest BCUT2D eigenvalue weighted by molar-refractivity contribution is -0.162. The minimum Gasteiger partial charge on any atom is -0.479 e. The average Bonchev–Trinajstić information content (AvgIpc) is 3.03. The highest BCUT2D eigenvalue weighted by Crippen LogP contribution is 2.47. The molecule has 1 saturated heterocycles. The Hall–Kier alpha value is -3.19. The fourth-order valence-electron chi connectivity index (χ4n) is 4.01. The molecule has 2 aromatic rings. The van der Waals surface area contributed by atoms with Crippen molar-refractivity contribution in [1.29, 1.82) is 0 Å². The molecule has 2 amide bonds. The third-order valence-electron chi connectivity index (χ3n) is 5.19. The Kier molecular flexibility index (Phi) is 5.46. The SMILES string of the molecule is CC1CC(C(=O)O)(C(=O)Nc2ccccc2)N(C(=O)CN)C1c1ccccc1. The number of hydrogen-bond donors (Lipinski definition) is 3. The molecule has 4 N–H and O–H groups in total. The van der Waals surface area contributed by atoms with E-state index in [1.807, 2.05) is 37.3 Å². The smallest absolute Gasteiger partial charge is 0.339 e. The summed E-state index contributed by atoms with van der Waals surface area (Å²) >= 11 is 0. The third kappa shape index (κ3) is 3.25. The Labute approximate surface area is 163 Å². The Bertz CT molecular complexity index is 872. The number of rotatable bonds is 5. The molecule has 28 heavy (non-hydrogen) atoms. The molecule has 7 heteroatoms. The zero-order chi connectivity index (χ0) is 20.3. The first-order valence-electron chi connectivity index (χ1n) is 9.09. The summed E-state index contributed by atoms with van der Waals surface area (Å²) in [6.45, 7) is 1.46. The van der Waals surface area contributed by atoms with Crippen molar-refractivity contribution in [3.05, 3.63) is 66.2 Å². The average molecular weight is 381 g/mol. The van der Waals surface area contributed by atoms with Crippen LogP contribution in [0.15, 0.2) is 60.7 Å². The molecule has 1 heterocycles. The van der Waals surface area contributed by atoms with Crippen LogP contribution < -0.4 is 11.1 Å². The van der Waals surface area contributed by atoms with E-state index in [1.54, 1.807) is 30.3 Å². The van der Waals surface area contributed by atoms with Crippen LogP contribution >= 0.6 is 0 Å². The molecule has 0 spiro atoms. The number of nitrogens with one attached hydrogen (secondary N) is 1. The molecule has 2 aromatic carbocycles. The second-order valence-corrected chi connectivity index (χ2v) is 6.99. The number of nitrogens with two attached hydrogens (primary N) is 1. The van der Waals surface area contributed by atoms with Gasteiger partial charge in [0.05, 0.1) is 12.6 Å². The summed E-state index contributed by atoms with van der Waals surface area (Å²) in [7, 11) is 0. The quantitative estimate of drug-likeness (QED) is 0.686. The van der Waals surface area contributed by atoms with Gasteiger partial charge in [-0.05, 0) is 30.0 Å². The number of hydrogen-bond acceptors (Lipinski definition) is 4. The highest BCUT2D eigenvalue weighted by molar-refractivity contribution is 6.15. The Morgan fingerprint density at radius 2 is 1.68 bits per heavy atom. The minimum atomic E-state index is -2.04. The van der Waals surface area contributed by atoms with Crippen molar-refractivity contribution in [3.63, 3.8) is 0 Å². The highest BCUT2D eigenvalue weighted by atomic mass is 16.4. The van der Waals surface area contributed by atoms with Gasteiger partial charge >= 0.3 is 5.97 Å². The maximum atomic E-state index is 13.2. The van der Waals surface area contributed by atoms with Gasteiger partial charge < -0.3 is 21.1 Å². The van der Waals surface area contributed by atoms with E-state index in [1.165, 1.54) is 0 Å². The molecule has 3 unspecified atom stereocenters. The van der Waals surface area contributed by atoms with E-state index in [4.69, 9.17) is 5.73 Å². The topological polar surface area (TPSA) is 113 Å². The predicted molar refractivity (Wildman–Crippen MR) is 104 cm³/mol. The first-order chi connectivity index (χ1) is 13.4. The lowest BCUT2D eigenvalue weighted by atomic mass is 9.89. The van der Waals surface area contributed by atoms with E-state index < -0.39 is 29.4 Å². The van der Waals surface area contributed by atoms with Crippen molar-refractivity contribution in [2.45, 2.75) is 24.9 Å². The Morgan fingerprint density at radius 1 is 1.11 bits per heavy atom. The summed E-state index contributed by atoms with van der Waals surface area (Å²) in [6.07, 6.45) is -0.00764. The molecule has 0 aliphatic carbocycles. The van der Waals surface area contributed by atoms with Crippen molar-refractivity contribution in [2.75, 3.05) is 11.9 Å². The Morgan fingerprint density at radius 3 is 2.21 bits per heavy atom. The van der Waals surface area contributed by atoms with Crippen LogP contribution in [-0.4, -0.2) is 39.9 Å². The summed E-state index contributed by atoms with van der Waals surface area (Å²) in [5, 5.41) is 12.8. The number of para-hydroxylation sites is 1. The van der Waals surface area contributed by atoms with E-state index in [9.17, 15) is 19.5 Å². The van der Waals surface area contributed by atoms with E-state index in [0.29, 0.717) is 5.69 Å². The summed E-state index contributed by atoms with van der Waals surface area (Å²) in [5.74, 6) is -2.95. The predicted octanol–water partition coefficient (Wildman–Crippen LogP) is 2.02. The molecule has 7 nitrogen and oxygen atoms in total. The van der Waals surface area contributed by atoms with Crippen LogP contribution in [0.25, 0.3) is 0 Å². The van der Waals surface area contributed by atoms with Gasteiger partial charge in [0.2, 0.25) is 11.4 Å². The largest absolute Gasteiger partial charge is 0.479 e. The van der Waals surface area contributed by atoms with E-state index >= 15 is 0 Å². The number of carbonyl (C=O) groups is 3. The molecule has 0 radical (unpaired) electrons. The number of carboxylic acid groups (broad SMARTS) is 1. The normalized spacial score (nSPS) is 24.0. The zero-order valence-electron chi connectivity index (χ0n) is 15.5. The van der Waals surface area contributed by atoms with Gasteiger partial charge in [0.1, 0.15) is 0 Å². The second kappa shape index (κ2) is 7.82. The standard InChI is InChI=1S/C21H23N3O4/c1-14-12-21(20(27)28,19(26)23-16-10-6-3-7-11-16)24(17(25)13-22)18(14)15-8-4-2-5-9-15/h2-11,14,18H,12-13,22H2,1H3,(H,23,26)(H,27,28). The van der Waals surface area contributed by atoms with E-state index in [0.717, 1.165) is 10.5 Å². The first-order valence-corrected chi connectivity index (χ1v) is 9.09. The summed E-state index contributed by atoms with van der Waals surface area (Å²) in [6, 6.07) is 17.1. The summed E-state index contributed by atoms with van der Waals surface area (Å²) in [5.41, 5.74) is 4.79. The molecule has 146 valence electrons. The molecule has 0 saturated carbocycles. The number of anilines is 1. The van der Waals surface area contributed by atoms with Crippen LogP contribution in [0.5, 0.6) is 0 Å².